The molecule has 1 aromatic carbocycles. The minimum atomic E-state index is -0.310. The summed E-state index contributed by atoms with van der Waals surface area (Å²) in [7, 11) is 0. The monoisotopic (exact) mass is 316 g/mol. The molecule has 0 atom stereocenters. The lowest BCUT2D eigenvalue weighted by atomic mass is 10.1. The lowest BCUT2D eigenvalue weighted by Gasteiger charge is -2.23. The smallest absolute Gasteiger partial charge is 0.262 e. The van der Waals surface area contributed by atoms with Gasteiger partial charge in [-0.3, -0.25) is 19.4 Å². The van der Waals surface area contributed by atoms with E-state index in [1.165, 1.54) is 30.2 Å². The second kappa shape index (κ2) is 6.51. The summed E-state index contributed by atoms with van der Waals surface area (Å²) in [4.78, 5) is 27.9. The molecule has 22 heavy (non-hydrogen) atoms. The number of likely N-dealkylation sites (tertiary alicyclic amines) is 1. The fraction of sp³-hybridized carbons (Fsp3) is 0.412. The number of rotatable bonds is 2. The minimum Gasteiger partial charge on any atom is -0.292 e. The molecule has 0 saturated carbocycles. The van der Waals surface area contributed by atoms with Gasteiger partial charge in [-0.2, -0.15) is 0 Å². The Hall–Kier alpha value is -1.83. The molecule has 0 aromatic heterocycles. The van der Waals surface area contributed by atoms with Crippen LogP contribution in [0.4, 0.5) is 0 Å². The molecule has 1 fully saturated rings. The molecule has 0 bridgehead atoms. The molecule has 0 spiro atoms. The molecule has 2 heterocycles. The number of benzene rings is 1. The number of halogens is 1. The molecular weight excluding hydrogens is 300 g/mol. The van der Waals surface area contributed by atoms with E-state index < -0.39 is 0 Å². The van der Waals surface area contributed by atoms with Gasteiger partial charge in [0.15, 0.2) is 0 Å². The summed E-state index contributed by atoms with van der Waals surface area (Å²) in [5, 5.41) is 0.456. The number of hydrogen-bond acceptors (Lipinski definition) is 3. The van der Waals surface area contributed by atoms with Crippen LogP contribution in [-0.4, -0.2) is 47.8 Å². The first-order chi connectivity index (χ1) is 10.7. The molecule has 1 saturated heterocycles. The van der Waals surface area contributed by atoms with Gasteiger partial charge in [-0.05, 0) is 44.1 Å². The molecule has 0 radical (unpaired) electrons. The molecular formula is C17H17ClN2O2. The molecule has 0 unspecified atom stereocenters. The molecule has 2 aliphatic heterocycles. The van der Waals surface area contributed by atoms with E-state index in [0.29, 0.717) is 22.7 Å². The van der Waals surface area contributed by atoms with Crippen molar-refractivity contribution in [3.05, 3.63) is 34.3 Å². The highest BCUT2D eigenvalue weighted by Crippen LogP contribution is 2.25. The Morgan fingerprint density at radius 1 is 0.955 bits per heavy atom. The Balaban J connectivity index is 1.62. The fourth-order valence-electron chi connectivity index (χ4n) is 2.83. The number of hydrogen-bond donors (Lipinski definition) is 0. The Kier molecular flexibility index (Phi) is 4.47. The summed E-state index contributed by atoms with van der Waals surface area (Å²) in [6.45, 7) is 3.01. The van der Waals surface area contributed by atoms with Crippen LogP contribution in [0.2, 0.25) is 5.02 Å². The van der Waals surface area contributed by atoms with Crippen LogP contribution in [0.25, 0.3) is 0 Å². The number of carbonyl (C=O) groups is 2. The van der Waals surface area contributed by atoms with Gasteiger partial charge in [-0.1, -0.05) is 29.9 Å². The largest absolute Gasteiger partial charge is 0.292 e. The maximum atomic E-state index is 12.2. The molecule has 2 aliphatic rings. The van der Waals surface area contributed by atoms with Gasteiger partial charge in [0.05, 0.1) is 24.2 Å². The van der Waals surface area contributed by atoms with E-state index >= 15 is 0 Å². The molecule has 3 rings (SSSR count). The van der Waals surface area contributed by atoms with Crippen molar-refractivity contribution >= 4 is 23.4 Å². The SMILES string of the molecule is O=C1c2ccc(Cl)cc2C(=O)N1CC#CCN1CCCCC1. The van der Waals surface area contributed by atoms with Crippen molar-refractivity contribution in [1.82, 2.24) is 9.80 Å². The van der Waals surface area contributed by atoms with Gasteiger partial charge in [0.2, 0.25) is 0 Å². The maximum absolute atomic E-state index is 12.2. The van der Waals surface area contributed by atoms with Crippen molar-refractivity contribution in [1.29, 1.82) is 0 Å². The van der Waals surface area contributed by atoms with Gasteiger partial charge in [0.1, 0.15) is 0 Å². The number of piperidine rings is 1. The zero-order valence-electron chi connectivity index (χ0n) is 12.3. The average molecular weight is 317 g/mol. The van der Waals surface area contributed by atoms with E-state index in [0.717, 1.165) is 13.1 Å². The Morgan fingerprint density at radius 2 is 1.64 bits per heavy atom. The summed E-state index contributed by atoms with van der Waals surface area (Å²) in [5.74, 6) is 5.41. The minimum absolute atomic E-state index is 0.137. The Bertz CT molecular complexity index is 669. The second-order valence-electron chi connectivity index (χ2n) is 5.58. The first-order valence-electron chi connectivity index (χ1n) is 7.50. The molecule has 4 nitrogen and oxygen atoms in total. The number of amides is 2. The third-order valence-corrected chi connectivity index (χ3v) is 4.28. The van der Waals surface area contributed by atoms with Crippen LogP contribution in [0.15, 0.2) is 18.2 Å². The first-order valence-corrected chi connectivity index (χ1v) is 7.88. The summed E-state index contributed by atoms with van der Waals surface area (Å²) in [6.07, 6.45) is 3.74. The molecule has 0 aliphatic carbocycles. The van der Waals surface area contributed by atoms with Crippen molar-refractivity contribution in [2.75, 3.05) is 26.2 Å². The zero-order valence-corrected chi connectivity index (χ0v) is 13.0. The van der Waals surface area contributed by atoms with Crippen LogP contribution in [0.3, 0.4) is 0 Å². The van der Waals surface area contributed by atoms with E-state index in [4.69, 9.17) is 11.6 Å². The van der Waals surface area contributed by atoms with Crippen molar-refractivity contribution in [2.24, 2.45) is 0 Å². The van der Waals surface area contributed by atoms with Gasteiger partial charge in [0.25, 0.3) is 11.8 Å². The van der Waals surface area contributed by atoms with Crippen LogP contribution in [0.1, 0.15) is 40.0 Å². The first kappa shape index (κ1) is 15.1. The lowest BCUT2D eigenvalue weighted by molar-refractivity contribution is 0.0675. The average Bonchev–Trinajstić information content (AvgIpc) is 2.76. The summed E-state index contributed by atoms with van der Waals surface area (Å²) >= 11 is 5.88. The van der Waals surface area contributed by atoms with E-state index in [2.05, 4.69) is 16.7 Å². The zero-order chi connectivity index (χ0) is 15.5. The Morgan fingerprint density at radius 3 is 2.41 bits per heavy atom. The molecule has 0 N–H and O–H groups in total. The van der Waals surface area contributed by atoms with Crippen molar-refractivity contribution in [3.63, 3.8) is 0 Å². The summed E-state index contributed by atoms with van der Waals surface area (Å²) < 4.78 is 0. The number of imide groups is 1. The predicted molar refractivity (Wildman–Crippen MR) is 84.9 cm³/mol. The number of fused-ring (bicyclic) bond motifs is 1. The van der Waals surface area contributed by atoms with Crippen LogP contribution in [0, 0.1) is 11.8 Å². The molecule has 5 heteroatoms. The number of carbonyl (C=O) groups excluding carboxylic acids is 2. The fourth-order valence-corrected chi connectivity index (χ4v) is 3.00. The van der Waals surface area contributed by atoms with Crippen molar-refractivity contribution in [3.8, 4) is 11.8 Å². The highest BCUT2D eigenvalue weighted by atomic mass is 35.5. The van der Waals surface area contributed by atoms with E-state index in [1.54, 1.807) is 12.1 Å². The van der Waals surface area contributed by atoms with Gasteiger partial charge < -0.3 is 0 Å². The van der Waals surface area contributed by atoms with E-state index in [1.807, 2.05) is 0 Å². The van der Waals surface area contributed by atoms with Crippen LogP contribution >= 0.6 is 11.6 Å². The van der Waals surface area contributed by atoms with Crippen LogP contribution in [0.5, 0.6) is 0 Å². The maximum Gasteiger partial charge on any atom is 0.262 e. The van der Waals surface area contributed by atoms with E-state index in [-0.39, 0.29) is 18.4 Å². The lowest BCUT2D eigenvalue weighted by Crippen LogP contribution is -2.31. The molecule has 114 valence electrons. The summed E-state index contributed by atoms with van der Waals surface area (Å²) in [5.41, 5.74) is 0.780. The highest BCUT2D eigenvalue weighted by Gasteiger charge is 2.34. The standard InChI is InChI=1S/C17H17ClN2O2/c18-13-6-7-14-15(12-13)17(22)20(16(14)21)11-5-4-10-19-8-2-1-3-9-19/h6-7,12H,1-3,8-11H2. The molecule has 1 aromatic rings. The highest BCUT2D eigenvalue weighted by molar-refractivity contribution is 6.32. The van der Waals surface area contributed by atoms with Crippen LogP contribution < -0.4 is 0 Å². The topological polar surface area (TPSA) is 40.6 Å². The predicted octanol–water partition coefficient (Wildman–Crippen LogP) is 2.43. The van der Waals surface area contributed by atoms with Gasteiger partial charge in [-0.25, -0.2) is 0 Å². The van der Waals surface area contributed by atoms with Crippen LogP contribution in [-0.2, 0) is 0 Å². The summed E-state index contributed by atoms with van der Waals surface area (Å²) in [6, 6.07) is 4.76. The number of nitrogens with zero attached hydrogens (tertiary/aromatic N) is 2. The van der Waals surface area contributed by atoms with Crippen molar-refractivity contribution < 1.29 is 9.59 Å². The van der Waals surface area contributed by atoms with Gasteiger partial charge in [0, 0.05) is 5.02 Å². The Labute approximate surface area is 135 Å². The van der Waals surface area contributed by atoms with E-state index in [9.17, 15) is 9.59 Å². The third kappa shape index (κ3) is 3.01. The van der Waals surface area contributed by atoms with Gasteiger partial charge >= 0.3 is 0 Å². The van der Waals surface area contributed by atoms with Crippen molar-refractivity contribution in [2.45, 2.75) is 19.3 Å². The third-order valence-electron chi connectivity index (χ3n) is 4.05. The van der Waals surface area contributed by atoms with Gasteiger partial charge in [-0.15, -0.1) is 0 Å². The normalized spacial score (nSPS) is 18.1. The molecule has 2 amide bonds. The second-order valence-corrected chi connectivity index (χ2v) is 6.01. The quantitative estimate of drug-likeness (QED) is 0.621.